The molecule has 1 unspecified atom stereocenters. The van der Waals surface area contributed by atoms with Crippen molar-refractivity contribution in [1.82, 2.24) is 9.97 Å². The van der Waals surface area contributed by atoms with E-state index in [2.05, 4.69) is 31.2 Å². The van der Waals surface area contributed by atoms with Crippen LogP contribution in [-0.4, -0.2) is 9.97 Å². The molecule has 2 aromatic carbocycles. The fourth-order valence-electron chi connectivity index (χ4n) is 2.23. The lowest BCUT2D eigenvalue weighted by molar-refractivity contribution is 0.625. The minimum Gasteiger partial charge on any atom is -0.378 e. The molecule has 1 aromatic heterocycles. The maximum absolute atomic E-state index is 13.1. The number of hydrogen-bond donors (Lipinski definition) is 1. The summed E-state index contributed by atoms with van der Waals surface area (Å²) in [5.74, 6) is -0.251. The Morgan fingerprint density at radius 3 is 2.57 bits per heavy atom. The van der Waals surface area contributed by atoms with Crippen molar-refractivity contribution in [3.8, 4) is 0 Å². The Kier molecular flexibility index (Phi) is 3.84. The van der Waals surface area contributed by atoms with Crippen molar-refractivity contribution in [2.24, 2.45) is 0 Å². The van der Waals surface area contributed by atoms with E-state index in [1.807, 2.05) is 25.1 Å². The number of halogens is 2. The molecular weight excluding hydrogens is 333 g/mol. The predicted octanol–water partition coefficient (Wildman–Crippen LogP) is 4.70. The first-order valence-corrected chi connectivity index (χ1v) is 7.35. The van der Waals surface area contributed by atoms with Crippen LogP contribution in [0.3, 0.4) is 0 Å². The maximum Gasteiger partial charge on any atom is 0.124 e. The van der Waals surface area contributed by atoms with Gasteiger partial charge in [-0.05, 0) is 42.8 Å². The third-order valence-corrected chi connectivity index (χ3v) is 3.97. The van der Waals surface area contributed by atoms with E-state index in [1.54, 1.807) is 18.5 Å². The topological polar surface area (TPSA) is 37.8 Å². The second-order valence-electron chi connectivity index (χ2n) is 4.79. The summed E-state index contributed by atoms with van der Waals surface area (Å²) in [6.07, 6.45) is 3.35. The van der Waals surface area contributed by atoms with E-state index in [9.17, 15) is 4.39 Å². The molecule has 0 radical (unpaired) electrons. The van der Waals surface area contributed by atoms with Crippen LogP contribution in [0.2, 0.25) is 0 Å². The van der Waals surface area contributed by atoms with Gasteiger partial charge in [0.15, 0.2) is 0 Å². The van der Waals surface area contributed by atoms with Crippen molar-refractivity contribution in [2.75, 3.05) is 5.32 Å². The highest BCUT2D eigenvalue weighted by atomic mass is 79.9. The third kappa shape index (κ3) is 3.03. The molecule has 1 heterocycles. The Labute approximate surface area is 130 Å². The van der Waals surface area contributed by atoms with Gasteiger partial charge in [-0.1, -0.05) is 22.0 Å². The third-order valence-electron chi connectivity index (χ3n) is 3.28. The molecular formula is C16H13BrFN3. The van der Waals surface area contributed by atoms with Gasteiger partial charge in [0.25, 0.3) is 0 Å². The molecule has 0 spiro atoms. The van der Waals surface area contributed by atoms with Gasteiger partial charge >= 0.3 is 0 Å². The van der Waals surface area contributed by atoms with Crippen molar-refractivity contribution in [2.45, 2.75) is 13.0 Å². The van der Waals surface area contributed by atoms with Crippen LogP contribution in [0.1, 0.15) is 18.5 Å². The van der Waals surface area contributed by atoms with Gasteiger partial charge in [-0.25, -0.2) is 4.39 Å². The number of benzene rings is 2. The SMILES string of the molecule is CC(Nc1ccc2nccnc2c1)c1ccc(F)cc1Br. The minimum absolute atomic E-state index is 0.0362. The molecule has 5 heteroatoms. The van der Waals surface area contributed by atoms with Gasteiger partial charge in [0.2, 0.25) is 0 Å². The molecule has 0 aliphatic heterocycles. The first-order valence-electron chi connectivity index (χ1n) is 6.56. The lowest BCUT2D eigenvalue weighted by Gasteiger charge is -2.17. The van der Waals surface area contributed by atoms with Crippen molar-refractivity contribution in [3.63, 3.8) is 0 Å². The van der Waals surface area contributed by atoms with Crippen LogP contribution in [0, 0.1) is 5.82 Å². The number of anilines is 1. The predicted molar refractivity (Wildman–Crippen MR) is 85.7 cm³/mol. The standard InChI is InChI=1S/C16H13BrFN3/c1-10(13-4-2-11(18)8-14(13)17)21-12-3-5-15-16(9-12)20-7-6-19-15/h2-10,21H,1H3. The van der Waals surface area contributed by atoms with Crippen LogP contribution in [-0.2, 0) is 0 Å². The van der Waals surface area contributed by atoms with Gasteiger partial charge in [0.1, 0.15) is 5.82 Å². The highest BCUT2D eigenvalue weighted by Gasteiger charge is 2.10. The van der Waals surface area contributed by atoms with E-state index in [1.165, 1.54) is 12.1 Å². The van der Waals surface area contributed by atoms with Crippen LogP contribution in [0.5, 0.6) is 0 Å². The van der Waals surface area contributed by atoms with E-state index in [4.69, 9.17) is 0 Å². The molecule has 0 amide bonds. The molecule has 1 atom stereocenters. The Hall–Kier alpha value is -2.01. The molecule has 106 valence electrons. The van der Waals surface area contributed by atoms with E-state index >= 15 is 0 Å². The van der Waals surface area contributed by atoms with Crippen LogP contribution in [0.15, 0.2) is 53.3 Å². The zero-order valence-corrected chi connectivity index (χ0v) is 12.9. The van der Waals surface area contributed by atoms with Crippen molar-refractivity contribution in [1.29, 1.82) is 0 Å². The summed E-state index contributed by atoms with van der Waals surface area (Å²) in [6, 6.07) is 10.6. The fraction of sp³-hybridized carbons (Fsp3) is 0.125. The van der Waals surface area contributed by atoms with Crippen LogP contribution in [0.25, 0.3) is 11.0 Å². The van der Waals surface area contributed by atoms with Crippen molar-refractivity contribution >= 4 is 32.7 Å². The molecule has 3 rings (SSSR count). The summed E-state index contributed by atoms with van der Waals surface area (Å²) in [7, 11) is 0. The van der Waals surface area contributed by atoms with Crippen molar-refractivity contribution < 1.29 is 4.39 Å². The number of nitrogens with one attached hydrogen (secondary N) is 1. The highest BCUT2D eigenvalue weighted by molar-refractivity contribution is 9.10. The Balaban J connectivity index is 1.87. The van der Waals surface area contributed by atoms with Crippen LogP contribution >= 0.6 is 15.9 Å². The molecule has 0 aliphatic rings. The number of aromatic nitrogens is 2. The van der Waals surface area contributed by atoms with Crippen LogP contribution < -0.4 is 5.32 Å². The second-order valence-corrected chi connectivity index (χ2v) is 5.65. The molecule has 0 bridgehead atoms. The van der Waals surface area contributed by atoms with Crippen molar-refractivity contribution in [3.05, 3.63) is 64.6 Å². The summed E-state index contributed by atoms with van der Waals surface area (Å²) < 4.78 is 13.9. The number of fused-ring (bicyclic) bond motifs is 1. The van der Waals surface area contributed by atoms with E-state index < -0.39 is 0 Å². The molecule has 0 fully saturated rings. The molecule has 3 aromatic rings. The fourth-order valence-corrected chi connectivity index (χ4v) is 2.93. The lowest BCUT2D eigenvalue weighted by atomic mass is 10.1. The summed E-state index contributed by atoms with van der Waals surface area (Å²) in [5, 5.41) is 3.39. The second kappa shape index (κ2) is 5.77. The van der Waals surface area contributed by atoms with Gasteiger partial charge in [-0.3, -0.25) is 9.97 Å². The first kappa shape index (κ1) is 13.9. The minimum atomic E-state index is -0.251. The number of rotatable bonds is 3. The zero-order valence-electron chi connectivity index (χ0n) is 11.3. The molecule has 3 nitrogen and oxygen atoms in total. The highest BCUT2D eigenvalue weighted by Crippen LogP contribution is 2.27. The number of hydrogen-bond acceptors (Lipinski definition) is 3. The van der Waals surface area contributed by atoms with E-state index in [-0.39, 0.29) is 11.9 Å². The van der Waals surface area contributed by atoms with Gasteiger partial charge in [0.05, 0.1) is 11.0 Å². The molecule has 0 saturated carbocycles. The van der Waals surface area contributed by atoms with E-state index in [0.29, 0.717) is 0 Å². The summed E-state index contributed by atoms with van der Waals surface area (Å²) in [6.45, 7) is 2.03. The molecule has 0 saturated heterocycles. The average molecular weight is 346 g/mol. The zero-order chi connectivity index (χ0) is 14.8. The van der Waals surface area contributed by atoms with E-state index in [0.717, 1.165) is 26.8 Å². The lowest BCUT2D eigenvalue weighted by Crippen LogP contribution is -2.07. The normalized spacial score (nSPS) is 12.3. The summed E-state index contributed by atoms with van der Waals surface area (Å²) >= 11 is 3.40. The number of nitrogens with zero attached hydrogens (tertiary/aromatic N) is 2. The molecule has 0 aliphatic carbocycles. The monoisotopic (exact) mass is 345 g/mol. The van der Waals surface area contributed by atoms with Gasteiger partial charge in [-0.15, -0.1) is 0 Å². The van der Waals surface area contributed by atoms with Crippen LogP contribution in [0.4, 0.5) is 10.1 Å². The average Bonchev–Trinajstić information content (AvgIpc) is 2.47. The summed E-state index contributed by atoms with van der Waals surface area (Å²) in [4.78, 5) is 8.53. The van der Waals surface area contributed by atoms with Gasteiger partial charge in [-0.2, -0.15) is 0 Å². The first-order chi connectivity index (χ1) is 10.1. The Bertz CT molecular complexity index is 791. The largest absolute Gasteiger partial charge is 0.378 e. The van der Waals surface area contributed by atoms with Gasteiger partial charge < -0.3 is 5.32 Å². The quantitative estimate of drug-likeness (QED) is 0.747. The summed E-state index contributed by atoms with van der Waals surface area (Å²) in [5.41, 5.74) is 3.65. The Morgan fingerprint density at radius 2 is 1.81 bits per heavy atom. The Morgan fingerprint density at radius 1 is 1.05 bits per heavy atom. The molecule has 21 heavy (non-hydrogen) atoms. The smallest absolute Gasteiger partial charge is 0.124 e. The molecule has 1 N–H and O–H groups in total. The van der Waals surface area contributed by atoms with Gasteiger partial charge in [0, 0.05) is 28.6 Å². The maximum atomic E-state index is 13.1.